The van der Waals surface area contributed by atoms with Crippen LogP contribution in [0.5, 0.6) is 0 Å². The van der Waals surface area contributed by atoms with Crippen LogP contribution >= 0.6 is 0 Å². The second-order valence-electron chi connectivity index (χ2n) is 4.57. The van der Waals surface area contributed by atoms with E-state index in [1.807, 2.05) is 30.3 Å². The van der Waals surface area contributed by atoms with Crippen LogP contribution in [0.1, 0.15) is 0 Å². The highest BCUT2D eigenvalue weighted by molar-refractivity contribution is 5.90. The zero-order valence-electron chi connectivity index (χ0n) is 11.5. The molecule has 7 heteroatoms. The molecule has 1 N–H and O–H groups in total. The topological polar surface area (TPSA) is 72.7 Å². The van der Waals surface area contributed by atoms with Crippen molar-refractivity contribution in [3.05, 3.63) is 60.4 Å². The van der Waals surface area contributed by atoms with Crippen molar-refractivity contribution in [3.63, 3.8) is 0 Å². The van der Waals surface area contributed by atoms with Gasteiger partial charge in [-0.2, -0.15) is 4.80 Å². The molecule has 0 saturated heterocycles. The summed E-state index contributed by atoms with van der Waals surface area (Å²) in [6.07, 6.45) is 0. The van der Waals surface area contributed by atoms with Gasteiger partial charge in [-0.15, -0.1) is 10.2 Å². The highest BCUT2D eigenvalue weighted by Gasteiger charge is 2.09. The summed E-state index contributed by atoms with van der Waals surface area (Å²) in [5.41, 5.74) is 1.20. The van der Waals surface area contributed by atoms with Crippen molar-refractivity contribution in [1.82, 2.24) is 20.2 Å². The van der Waals surface area contributed by atoms with Crippen molar-refractivity contribution in [2.45, 2.75) is 6.54 Å². The molecule has 0 aliphatic rings. The minimum Gasteiger partial charge on any atom is -0.324 e. The van der Waals surface area contributed by atoms with Gasteiger partial charge in [-0.05, 0) is 23.4 Å². The van der Waals surface area contributed by atoms with Crippen LogP contribution in [0.15, 0.2) is 54.6 Å². The number of anilines is 1. The number of carbonyl (C=O) groups is 1. The highest BCUT2D eigenvalue weighted by atomic mass is 19.1. The van der Waals surface area contributed by atoms with Gasteiger partial charge in [0.2, 0.25) is 11.7 Å². The van der Waals surface area contributed by atoms with Gasteiger partial charge in [0.1, 0.15) is 12.4 Å². The molecule has 0 atom stereocenters. The minimum absolute atomic E-state index is 0.101. The Bertz CT molecular complexity index is 787. The fraction of sp³-hybridized carbons (Fsp3) is 0.0667. The summed E-state index contributed by atoms with van der Waals surface area (Å²) in [7, 11) is 0. The summed E-state index contributed by atoms with van der Waals surface area (Å²) in [5.74, 6) is -0.329. The first-order valence-corrected chi connectivity index (χ1v) is 6.59. The summed E-state index contributed by atoms with van der Waals surface area (Å²) in [5, 5.41) is 14.4. The molecule has 6 nitrogen and oxygen atoms in total. The summed E-state index contributed by atoms with van der Waals surface area (Å²) in [4.78, 5) is 13.1. The van der Waals surface area contributed by atoms with Gasteiger partial charge in [0, 0.05) is 11.3 Å². The van der Waals surface area contributed by atoms with Gasteiger partial charge < -0.3 is 5.32 Å². The molecule has 0 radical (unpaired) electrons. The molecule has 2 aromatic carbocycles. The SMILES string of the molecule is O=C(Cn1nnc(-c2ccccc2)n1)Nc1cccc(F)c1. The fourth-order valence-corrected chi connectivity index (χ4v) is 1.91. The van der Waals surface area contributed by atoms with Crippen LogP contribution in [-0.4, -0.2) is 26.1 Å². The lowest BCUT2D eigenvalue weighted by Crippen LogP contribution is -2.20. The number of halogens is 1. The summed E-state index contributed by atoms with van der Waals surface area (Å²) < 4.78 is 13.0. The Morgan fingerprint density at radius 1 is 1.14 bits per heavy atom. The number of hydrogen-bond donors (Lipinski definition) is 1. The quantitative estimate of drug-likeness (QED) is 0.800. The molecule has 0 aliphatic carbocycles. The standard InChI is InChI=1S/C15H12FN5O/c16-12-7-4-8-13(9-12)17-14(22)10-21-19-15(18-20-21)11-5-2-1-3-6-11/h1-9H,10H2,(H,17,22). The van der Waals surface area contributed by atoms with Crippen LogP contribution in [0.4, 0.5) is 10.1 Å². The molecule has 0 saturated carbocycles. The molecule has 1 heterocycles. The molecule has 1 amide bonds. The maximum absolute atomic E-state index is 13.0. The van der Waals surface area contributed by atoms with Gasteiger partial charge in [-0.1, -0.05) is 36.4 Å². The van der Waals surface area contributed by atoms with Crippen molar-refractivity contribution in [3.8, 4) is 11.4 Å². The van der Waals surface area contributed by atoms with Crippen LogP contribution in [-0.2, 0) is 11.3 Å². The average molecular weight is 297 g/mol. The van der Waals surface area contributed by atoms with Crippen LogP contribution in [0.2, 0.25) is 0 Å². The van der Waals surface area contributed by atoms with Crippen molar-refractivity contribution in [1.29, 1.82) is 0 Å². The van der Waals surface area contributed by atoms with E-state index in [2.05, 4.69) is 20.7 Å². The third kappa shape index (κ3) is 3.32. The van der Waals surface area contributed by atoms with Crippen molar-refractivity contribution >= 4 is 11.6 Å². The van der Waals surface area contributed by atoms with Crippen molar-refractivity contribution < 1.29 is 9.18 Å². The molecule has 0 unspecified atom stereocenters. The largest absolute Gasteiger partial charge is 0.324 e. The first-order valence-electron chi connectivity index (χ1n) is 6.59. The lowest BCUT2D eigenvalue weighted by atomic mass is 10.2. The lowest BCUT2D eigenvalue weighted by molar-refractivity contribution is -0.117. The zero-order chi connectivity index (χ0) is 15.4. The third-order valence-corrected chi connectivity index (χ3v) is 2.88. The van der Waals surface area contributed by atoms with Gasteiger partial charge in [0.15, 0.2) is 0 Å². The van der Waals surface area contributed by atoms with Crippen LogP contribution in [0.3, 0.4) is 0 Å². The van der Waals surface area contributed by atoms with Gasteiger partial charge in [0.25, 0.3) is 0 Å². The Kier molecular flexibility index (Phi) is 3.86. The fourth-order valence-electron chi connectivity index (χ4n) is 1.91. The Morgan fingerprint density at radius 2 is 1.95 bits per heavy atom. The Hall–Kier alpha value is -3.09. The first-order chi connectivity index (χ1) is 10.7. The van der Waals surface area contributed by atoms with E-state index < -0.39 is 5.82 Å². The molecule has 22 heavy (non-hydrogen) atoms. The van der Waals surface area contributed by atoms with Crippen molar-refractivity contribution in [2.24, 2.45) is 0 Å². The maximum Gasteiger partial charge on any atom is 0.248 e. The first kappa shape index (κ1) is 13.9. The molecule has 3 aromatic rings. The number of nitrogens with zero attached hydrogens (tertiary/aromatic N) is 4. The smallest absolute Gasteiger partial charge is 0.248 e. The Balaban J connectivity index is 1.66. The average Bonchev–Trinajstić information content (AvgIpc) is 2.96. The molecule has 0 bridgehead atoms. The zero-order valence-corrected chi connectivity index (χ0v) is 11.5. The predicted octanol–water partition coefficient (Wildman–Crippen LogP) is 2.12. The number of aromatic nitrogens is 4. The third-order valence-electron chi connectivity index (χ3n) is 2.88. The van der Waals surface area contributed by atoms with Crippen LogP contribution < -0.4 is 5.32 Å². The lowest BCUT2D eigenvalue weighted by Gasteiger charge is -2.04. The van der Waals surface area contributed by atoms with Gasteiger partial charge in [0.05, 0.1) is 0 Å². The van der Waals surface area contributed by atoms with E-state index in [0.29, 0.717) is 11.5 Å². The number of carbonyl (C=O) groups excluding carboxylic acids is 1. The van der Waals surface area contributed by atoms with Crippen LogP contribution in [0, 0.1) is 5.82 Å². The molecule has 0 aliphatic heterocycles. The number of nitrogens with one attached hydrogen (secondary N) is 1. The molecule has 3 rings (SSSR count). The molecule has 110 valence electrons. The van der Waals surface area contributed by atoms with Gasteiger partial charge in [-0.25, -0.2) is 4.39 Å². The van der Waals surface area contributed by atoms with E-state index in [1.54, 1.807) is 6.07 Å². The summed E-state index contributed by atoms with van der Waals surface area (Å²) in [6, 6.07) is 15.0. The van der Waals surface area contributed by atoms with E-state index in [-0.39, 0.29) is 12.5 Å². The van der Waals surface area contributed by atoms with E-state index in [0.717, 1.165) is 5.56 Å². The molecule has 0 fully saturated rings. The monoisotopic (exact) mass is 297 g/mol. The molecule has 1 aromatic heterocycles. The Labute approximate surface area is 125 Å². The number of benzene rings is 2. The number of tetrazole rings is 1. The van der Waals surface area contributed by atoms with E-state index in [4.69, 9.17) is 0 Å². The normalized spacial score (nSPS) is 10.4. The number of rotatable bonds is 4. The second kappa shape index (κ2) is 6.13. The minimum atomic E-state index is -0.414. The van der Waals surface area contributed by atoms with E-state index >= 15 is 0 Å². The predicted molar refractivity (Wildman–Crippen MR) is 78.3 cm³/mol. The van der Waals surface area contributed by atoms with E-state index in [1.165, 1.54) is 23.0 Å². The molecular weight excluding hydrogens is 285 g/mol. The van der Waals surface area contributed by atoms with Crippen LogP contribution in [0.25, 0.3) is 11.4 Å². The molecular formula is C15H12FN5O. The number of hydrogen-bond acceptors (Lipinski definition) is 4. The van der Waals surface area contributed by atoms with Crippen molar-refractivity contribution in [2.75, 3.05) is 5.32 Å². The Morgan fingerprint density at radius 3 is 2.73 bits per heavy atom. The maximum atomic E-state index is 13.0. The molecule has 0 spiro atoms. The second-order valence-corrected chi connectivity index (χ2v) is 4.57. The van der Waals surface area contributed by atoms with Gasteiger partial charge in [-0.3, -0.25) is 4.79 Å². The number of amides is 1. The summed E-state index contributed by atoms with van der Waals surface area (Å²) in [6.45, 7) is -0.101. The highest BCUT2D eigenvalue weighted by Crippen LogP contribution is 2.12. The van der Waals surface area contributed by atoms with E-state index in [9.17, 15) is 9.18 Å². The van der Waals surface area contributed by atoms with Gasteiger partial charge >= 0.3 is 0 Å². The summed E-state index contributed by atoms with van der Waals surface area (Å²) >= 11 is 0.